The molecule has 0 amide bonds. The van der Waals surface area contributed by atoms with Crippen LogP contribution in [0.3, 0.4) is 0 Å². The predicted octanol–water partition coefficient (Wildman–Crippen LogP) is 5.00. The first-order valence-electron chi connectivity index (χ1n) is 11.0. The summed E-state index contributed by atoms with van der Waals surface area (Å²) in [4.78, 5) is 20.4. The fourth-order valence-corrected chi connectivity index (χ4v) is 4.24. The van der Waals surface area contributed by atoms with Crippen LogP contribution >= 0.6 is 0 Å². The normalized spacial score (nSPS) is 12.2. The number of benzene rings is 1. The van der Waals surface area contributed by atoms with Gasteiger partial charge in [-0.05, 0) is 44.5 Å². The molecule has 4 heterocycles. The van der Waals surface area contributed by atoms with Gasteiger partial charge >= 0.3 is 5.97 Å². The molecule has 34 heavy (non-hydrogen) atoms. The SMILES string of the molecule is Cc1noc(C)c1-c1cnc2c(-c3ccc(CC(=O)O)cc3)nn([C@@H](C)c3ccccn3)c2c1. The van der Waals surface area contributed by atoms with E-state index in [2.05, 4.69) is 23.1 Å². The molecule has 0 unspecified atom stereocenters. The minimum absolute atomic E-state index is 0.0226. The van der Waals surface area contributed by atoms with E-state index in [1.807, 2.05) is 67.2 Å². The van der Waals surface area contributed by atoms with Crippen molar-refractivity contribution in [1.82, 2.24) is 24.9 Å². The average Bonchev–Trinajstić information content (AvgIpc) is 3.38. The molecule has 0 saturated carbocycles. The molecule has 0 fully saturated rings. The number of hydrogen-bond acceptors (Lipinski definition) is 6. The van der Waals surface area contributed by atoms with Crippen molar-refractivity contribution in [3.63, 3.8) is 0 Å². The van der Waals surface area contributed by atoms with E-state index in [0.29, 0.717) is 0 Å². The lowest BCUT2D eigenvalue weighted by Gasteiger charge is -2.13. The van der Waals surface area contributed by atoms with Gasteiger partial charge in [-0.15, -0.1) is 0 Å². The van der Waals surface area contributed by atoms with Crippen LogP contribution in [-0.2, 0) is 11.2 Å². The van der Waals surface area contributed by atoms with E-state index >= 15 is 0 Å². The summed E-state index contributed by atoms with van der Waals surface area (Å²) in [6.07, 6.45) is 3.56. The third kappa shape index (κ3) is 3.83. The molecule has 0 radical (unpaired) electrons. The zero-order valence-electron chi connectivity index (χ0n) is 19.1. The molecule has 0 saturated heterocycles. The Morgan fingerprint density at radius 1 is 1.09 bits per heavy atom. The van der Waals surface area contributed by atoms with Crippen LogP contribution in [0.4, 0.5) is 0 Å². The van der Waals surface area contributed by atoms with Gasteiger partial charge in [-0.3, -0.25) is 19.4 Å². The molecular weight excluding hydrogens is 430 g/mol. The molecule has 8 heteroatoms. The number of carboxylic acid groups (broad SMARTS) is 1. The van der Waals surface area contributed by atoms with Crippen LogP contribution in [-0.4, -0.2) is 36.0 Å². The first kappa shape index (κ1) is 21.5. The highest BCUT2D eigenvalue weighted by atomic mass is 16.5. The van der Waals surface area contributed by atoms with Gasteiger partial charge in [-0.2, -0.15) is 5.10 Å². The van der Waals surface area contributed by atoms with E-state index in [1.165, 1.54) is 0 Å². The van der Waals surface area contributed by atoms with Crippen LogP contribution < -0.4 is 0 Å². The highest BCUT2D eigenvalue weighted by molar-refractivity contribution is 5.92. The lowest BCUT2D eigenvalue weighted by atomic mass is 10.0. The van der Waals surface area contributed by atoms with Gasteiger partial charge in [-0.1, -0.05) is 35.5 Å². The molecule has 0 aliphatic carbocycles. The third-order valence-electron chi connectivity index (χ3n) is 5.93. The van der Waals surface area contributed by atoms with Crippen molar-refractivity contribution in [2.45, 2.75) is 33.2 Å². The molecule has 8 nitrogen and oxygen atoms in total. The molecule has 1 N–H and O–H groups in total. The Balaban J connectivity index is 1.68. The second-order valence-corrected chi connectivity index (χ2v) is 8.28. The minimum Gasteiger partial charge on any atom is -0.481 e. The monoisotopic (exact) mass is 453 g/mol. The molecular formula is C26H23N5O3. The molecule has 5 aromatic rings. The van der Waals surface area contributed by atoms with Crippen LogP contribution in [0.5, 0.6) is 0 Å². The van der Waals surface area contributed by atoms with Crippen molar-refractivity contribution in [2.75, 3.05) is 0 Å². The summed E-state index contributed by atoms with van der Waals surface area (Å²) < 4.78 is 7.31. The van der Waals surface area contributed by atoms with E-state index in [1.54, 1.807) is 6.20 Å². The summed E-state index contributed by atoms with van der Waals surface area (Å²) in [6, 6.07) is 15.2. The quantitative estimate of drug-likeness (QED) is 0.385. The molecule has 170 valence electrons. The fourth-order valence-electron chi connectivity index (χ4n) is 4.24. The second-order valence-electron chi connectivity index (χ2n) is 8.28. The summed E-state index contributed by atoms with van der Waals surface area (Å²) in [5.41, 5.74) is 7.46. The van der Waals surface area contributed by atoms with Gasteiger partial charge in [0, 0.05) is 29.1 Å². The van der Waals surface area contributed by atoms with E-state index in [9.17, 15) is 4.79 Å². The maximum absolute atomic E-state index is 11.0. The van der Waals surface area contributed by atoms with Gasteiger partial charge in [0.15, 0.2) is 0 Å². The number of pyridine rings is 2. The van der Waals surface area contributed by atoms with Crippen LogP contribution in [0.2, 0.25) is 0 Å². The fraction of sp³-hybridized carbons (Fsp3) is 0.192. The maximum atomic E-state index is 11.0. The van der Waals surface area contributed by atoms with Crippen LogP contribution in [0.15, 0.2) is 65.4 Å². The van der Waals surface area contributed by atoms with Crippen molar-refractivity contribution >= 4 is 17.0 Å². The molecule has 4 aromatic heterocycles. The van der Waals surface area contributed by atoms with E-state index in [4.69, 9.17) is 19.7 Å². The zero-order valence-corrected chi connectivity index (χ0v) is 19.1. The largest absolute Gasteiger partial charge is 0.481 e. The van der Waals surface area contributed by atoms with Crippen molar-refractivity contribution < 1.29 is 14.4 Å². The number of aliphatic carboxylic acids is 1. The number of carboxylic acids is 1. The van der Waals surface area contributed by atoms with Crippen LogP contribution in [0.1, 0.15) is 35.7 Å². The first-order valence-corrected chi connectivity index (χ1v) is 11.0. The molecule has 0 aliphatic heterocycles. The summed E-state index contributed by atoms with van der Waals surface area (Å²) in [5.74, 6) is -0.128. The second kappa shape index (κ2) is 8.55. The Kier molecular flexibility index (Phi) is 5.41. The van der Waals surface area contributed by atoms with Gasteiger partial charge in [0.05, 0.1) is 29.4 Å². The predicted molar refractivity (Wildman–Crippen MR) is 127 cm³/mol. The Bertz CT molecular complexity index is 1470. The standard InChI is InChI=1S/C26H23N5O3/c1-15-24(17(3)34-30-15)20-13-22-26(28-14-20)25(19-9-7-18(8-10-19)12-23(32)33)29-31(22)16(2)21-6-4-5-11-27-21/h4-11,13-14,16H,12H2,1-3H3,(H,32,33)/t16-/m0/s1. The van der Waals surface area contributed by atoms with Gasteiger partial charge in [0.25, 0.3) is 0 Å². The molecule has 0 aliphatic rings. The highest BCUT2D eigenvalue weighted by Crippen LogP contribution is 2.34. The third-order valence-corrected chi connectivity index (χ3v) is 5.93. The molecule has 0 spiro atoms. The Hall–Kier alpha value is -4.33. The lowest BCUT2D eigenvalue weighted by molar-refractivity contribution is -0.136. The average molecular weight is 454 g/mol. The number of hydrogen-bond donors (Lipinski definition) is 1. The number of rotatable bonds is 6. The number of aryl methyl sites for hydroxylation is 2. The van der Waals surface area contributed by atoms with E-state index in [-0.39, 0.29) is 12.5 Å². The molecule has 0 bridgehead atoms. The summed E-state index contributed by atoms with van der Waals surface area (Å²) in [5, 5.41) is 18.1. The zero-order chi connectivity index (χ0) is 23.8. The van der Waals surface area contributed by atoms with Crippen molar-refractivity contribution in [1.29, 1.82) is 0 Å². The Morgan fingerprint density at radius 2 is 1.88 bits per heavy atom. The molecule has 1 aromatic carbocycles. The summed E-state index contributed by atoms with van der Waals surface area (Å²) >= 11 is 0. The van der Waals surface area contributed by atoms with Crippen molar-refractivity contribution in [2.24, 2.45) is 0 Å². The van der Waals surface area contributed by atoms with Crippen LogP contribution in [0, 0.1) is 13.8 Å². The smallest absolute Gasteiger partial charge is 0.307 e. The number of fused-ring (bicyclic) bond motifs is 1. The first-order chi connectivity index (χ1) is 16.4. The number of nitrogens with zero attached hydrogens (tertiary/aromatic N) is 5. The van der Waals surface area contributed by atoms with Gasteiger partial charge in [0.1, 0.15) is 17.0 Å². The number of carbonyl (C=O) groups is 1. The summed E-state index contributed by atoms with van der Waals surface area (Å²) in [6.45, 7) is 5.85. The lowest BCUT2D eigenvalue weighted by Crippen LogP contribution is -2.10. The molecule has 5 rings (SSSR count). The summed E-state index contributed by atoms with van der Waals surface area (Å²) in [7, 11) is 0. The maximum Gasteiger partial charge on any atom is 0.307 e. The van der Waals surface area contributed by atoms with E-state index < -0.39 is 5.97 Å². The topological polar surface area (TPSA) is 107 Å². The van der Waals surface area contributed by atoms with Crippen molar-refractivity contribution in [3.8, 4) is 22.4 Å². The highest BCUT2D eigenvalue weighted by Gasteiger charge is 2.21. The van der Waals surface area contributed by atoms with Crippen molar-refractivity contribution in [3.05, 3.63) is 83.6 Å². The van der Waals surface area contributed by atoms with Gasteiger partial charge < -0.3 is 9.63 Å². The van der Waals surface area contributed by atoms with E-state index in [0.717, 1.165) is 56.1 Å². The van der Waals surface area contributed by atoms with Crippen LogP contribution in [0.25, 0.3) is 33.4 Å². The van der Waals surface area contributed by atoms with Gasteiger partial charge in [0.2, 0.25) is 0 Å². The Morgan fingerprint density at radius 3 is 2.53 bits per heavy atom. The Labute approximate surface area is 195 Å². The number of aromatic nitrogens is 5. The van der Waals surface area contributed by atoms with Gasteiger partial charge in [-0.25, -0.2) is 0 Å². The molecule has 1 atom stereocenters. The minimum atomic E-state index is -0.861.